The van der Waals surface area contributed by atoms with E-state index in [0.29, 0.717) is 9.52 Å². The van der Waals surface area contributed by atoms with Crippen molar-refractivity contribution in [2.24, 2.45) is 0 Å². The zero-order chi connectivity index (χ0) is 17.2. The van der Waals surface area contributed by atoms with Crippen molar-refractivity contribution >= 4 is 29.5 Å². The number of halogens is 3. The van der Waals surface area contributed by atoms with Gasteiger partial charge in [-0.25, -0.2) is 0 Å². The zero-order valence-electron chi connectivity index (χ0n) is 12.5. The van der Waals surface area contributed by atoms with Gasteiger partial charge in [-0.1, -0.05) is 12.1 Å². The van der Waals surface area contributed by atoms with Gasteiger partial charge in [-0.05, 0) is 43.8 Å². The van der Waals surface area contributed by atoms with Crippen molar-refractivity contribution in [3.63, 3.8) is 0 Å². The van der Waals surface area contributed by atoms with Gasteiger partial charge in [0.15, 0.2) is 3.95 Å². The van der Waals surface area contributed by atoms with Crippen LogP contribution in [0.2, 0.25) is 0 Å². The third kappa shape index (κ3) is 4.65. The summed E-state index contributed by atoms with van der Waals surface area (Å²) in [6, 6.07) is 4.40. The zero-order valence-corrected chi connectivity index (χ0v) is 14.1. The molecule has 1 heterocycles. The van der Waals surface area contributed by atoms with Crippen LogP contribution in [0.4, 0.5) is 13.2 Å². The van der Waals surface area contributed by atoms with Gasteiger partial charge < -0.3 is 10.3 Å². The van der Waals surface area contributed by atoms with E-state index in [4.69, 9.17) is 12.2 Å². The highest BCUT2D eigenvalue weighted by molar-refractivity contribution is 7.73. The first-order chi connectivity index (χ1) is 10.7. The van der Waals surface area contributed by atoms with Crippen LogP contribution in [-0.4, -0.2) is 10.9 Å². The number of amides is 1. The minimum Gasteiger partial charge on any atom is -0.349 e. The van der Waals surface area contributed by atoms with Crippen molar-refractivity contribution in [3.8, 4) is 0 Å². The predicted molar refractivity (Wildman–Crippen MR) is 85.9 cm³/mol. The molecule has 124 valence electrons. The molecule has 1 amide bonds. The molecule has 0 saturated carbocycles. The van der Waals surface area contributed by atoms with Crippen LogP contribution in [0, 0.1) is 10.9 Å². The number of hydrogen-bond donors (Lipinski definition) is 2. The summed E-state index contributed by atoms with van der Waals surface area (Å²) in [4.78, 5) is 15.9. The first-order valence-corrected chi connectivity index (χ1v) is 8.04. The Morgan fingerprint density at radius 1 is 1.35 bits per heavy atom. The number of carbonyl (C=O) groups is 1. The monoisotopic (exact) mass is 360 g/mol. The van der Waals surface area contributed by atoms with Crippen molar-refractivity contribution < 1.29 is 18.0 Å². The number of carbonyl (C=O) groups excluding carboxylic acids is 1. The fourth-order valence-corrected chi connectivity index (χ4v) is 3.38. The van der Waals surface area contributed by atoms with E-state index >= 15 is 0 Å². The van der Waals surface area contributed by atoms with E-state index in [0.717, 1.165) is 22.7 Å². The predicted octanol–water partition coefficient (Wildman–Crippen LogP) is 4.55. The first-order valence-electron chi connectivity index (χ1n) is 6.82. The van der Waals surface area contributed by atoms with Crippen LogP contribution in [0.1, 0.15) is 34.7 Å². The smallest absolute Gasteiger partial charge is 0.349 e. The van der Waals surface area contributed by atoms with Gasteiger partial charge in [0.25, 0.3) is 0 Å². The number of benzene rings is 1. The van der Waals surface area contributed by atoms with Crippen LogP contribution in [0.3, 0.4) is 0 Å². The van der Waals surface area contributed by atoms with Crippen molar-refractivity contribution in [3.05, 3.63) is 49.9 Å². The Bertz CT molecular complexity index is 747. The Morgan fingerprint density at radius 2 is 1.96 bits per heavy atom. The molecular weight excluding hydrogens is 345 g/mol. The molecule has 0 radical (unpaired) electrons. The summed E-state index contributed by atoms with van der Waals surface area (Å²) < 4.78 is 38.2. The average molecular weight is 360 g/mol. The normalized spacial score (nSPS) is 12.9. The average Bonchev–Trinajstić information content (AvgIpc) is 2.75. The third-order valence-electron chi connectivity index (χ3n) is 3.36. The number of H-pyrrole nitrogens is 1. The maximum atomic E-state index is 12.5. The molecule has 3 nitrogen and oxygen atoms in total. The molecule has 8 heteroatoms. The molecule has 2 aromatic rings. The Labute approximate surface area is 140 Å². The molecule has 2 N–H and O–H groups in total. The van der Waals surface area contributed by atoms with Crippen LogP contribution in [0.5, 0.6) is 0 Å². The molecule has 0 saturated heterocycles. The number of hydrogen-bond acceptors (Lipinski definition) is 3. The van der Waals surface area contributed by atoms with Gasteiger partial charge in [-0.2, -0.15) is 13.2 Å². The summed E-state index contributed by atoms with van der Waals surface area (Å²) in [5, 5.41) is 2.78. The molecule has 0 aliphatic carbocycles. The molecule has 1 aromatic carbocycles. The fraction of sp³-hybridized carbons (Fsp3) is 0.333. The fourth-order valence-electron chi connectivity index (χ4n) is 2.09. The molecule has 0 aliphatic heterocycles. The topological polar surface area (TPSA) is 44.9 Å². The Balaban J connectivity index is 2.01. The van der Waals surface area contributed by atoms with E-state index < -0.39 is 11.7 Å². The molecule has 2 rings (SSSR count). The number of rotatable bonds is 4. The summed E-state index contributed by atoms with van der Waals surface area (Å²) in [5.74, 6) is -0.203. The molecule has 0 fully saturated rings. The lowest BCUT2D eigenvalue weighted by atomic mass is 10.1. The van der Waals surface area contributed by atoms with Crippen LogP contribution in [0.25, 0.3) is 0 Å². The number of nitrogens with one attached hydrogen (secondary N) is 2. The number of alkyl halides is 3. The standard InChI is InChI=1S/C15H15F3N2OS2/c1-8(10-3-5-11(6-4-10)15(16,17)18)19-13(21)7-12-9(2)20-14(22)23-12/h3-6,8H,7H2,1-2H3,(H,19,21)(H,20,22)/t8-/m0/s1. The molecule has 0 aliphatic rings. The highest BCUT2D eigenvalue weighted by Gasteiger charge is 2.30. The van der Waals surface area contributed by atoms with Gasteiger partial charge >= 0.3 is 6.18 Å². The lowest BCUT2D eigenvalue weighted by molar-refractivity contribution is -0.137. The molecule has 23 heavy (non-hydrogen) atoms. The number of aromatic amines is 1. The second kappa shape index (κ2) is 6.84. The molecule has 0 spiro atoms. The van der Waals surface area contributed by atoms with E-state index in [1.165, 1.54) is 23.5 Å². The number of aromatic nitrogens is 1. The molecule has 1 atom stereocenters. The van der Waals surface area contributed by atoms with E-state index in [9.17, 15) is 18.0 Å². The Morgan fingerprint density at radius 3 is 2.43 bits per heavy atom. The van der Waals surface area contributed by atoms with Crippen LogP contribution >= 0.6 is 23.6 Å². The molecule has 0 unspecified atom stereocenters. The Kier molecular flexibility index (Phi) is 5.26. The molecule has 0 bridgehead atoms. The number of aryl methyl sites for hydroxylation is 1. The van der Waals surface area contributed by atoms with Crippen LogP contribution in [-0.2, 0) is 17.4 Å². The highest BCUT2D eigenvalue weighted by atomic mass is 32.1. The Hall–Kier alpha value is -1.67. The van der Waals surface area contributed by atoms with Crippen molar-refractivity contribution in [1.29, 1.82) is 0 Å². The van der Waals surface area contributed by atoms with Crippen molar-refractivity contribution in [2.45, 2.75) is 32.5 Å². The van der Waals surface area contributed by atoms with Crippen LogP contribution in [0.15, 0.2) is 24.3 Å². The lowest BCUT2D eigenvalue weighted by Crippen LogP contribution is -2.28. The third-order valence-corrected chi connectivity index (χ3v) is 4.70. The van der Waals surface area contributed by atoms with Gasteiger partial charge in [0.1, 0.15) is 0 Å². The van der Waals surface area contributed by atoms with Crippen molar-refractivity contribution in [2.75, 3.05) is 0 Å². The summed E-state index contributed by atoms with van der Waals surface area (Å²) >= 11 is 6.36. The summed E-state index contributed by atoms with van der Waals surface area (Å²) in [6.45, 7) is 3.57. The lowest BCUT2D eigenvalue weighted by Gasteiger charge is -2.15. The van der Waals surface area contributed by atoms with E-state index in [2.05, 4.69) is 10.3 Å². The maximum absolute atomic E-state index is 12.5. The van der Waals surface area contributed by atoms with E-state index in [-0.39, 0.29) is 18.4 Å². The van der Waals surface area contributed by atoms with Crippen LogP contribution < -0.4 is 5.32 Å². The van der Waals surface area contributed by atoms with E-state index in [1.807, 2.05) is 6.92 Å². The second-order valence-corrected chi connectivity index (χ2v) is 6.92. The summed E-state index contributed by atoms with van der Waals surface area (Å²) in [7, 11) is 0. The minimum atomic E-state index is -4.36. The molecule has 1 aromatic heterocycles. The van der Waals surface area contributed by atoms with Gasteiger partial charge in [0, 0.05) is 10.6 Å². The second-order valence-electron chi connectivity index (χ2n) is 5.15. The van der Waals surface area contributed by atoms with Gasteiger partial charge in [0.2, 0.25) is 5.91 Å². The summed E-state index contributed by atoms with van der Waals surface area (Å²) in [6.07, 6.45) is -4.17. The number of thiazole rings is 1. The SMILES string of the molecule is Cc1[nH]c(=S)sc1CC(=O)N[C@@H](C)c1ccc(C(F)(F)F)cc1. The maximum Gasteiger partial charge on any atom is 0.416 e. The van der Waals surface area contributed by atoms with Gasteiger partial charge in [-0.3, -0.25) is 4.79 Å². The highest BCUT2D eigenvalue weighted by Crippen LogP contribution is 2.29. The molecular formula is C15H15F3N2OS2. The van der Waals surface area contributed by atoms with Gasteiger partial charge in [0.05, 0.1) is 18.0 Å². The quantitative estimate of drug-likeness (QED) is 0.786. The minimum absolute atomic E-state index is 0.189. The van der Waals surface area contributed by atoms with Gasteiger partial charge in [-0.15, -0.1) is 11.3 Å². The first kappa shape index (κ1) is 17.7. The summed E-state index contributed by atoms with van der Waals surface area (Å²) in [5.41, 5.74) is 0.768. The van der Waals surface area contributed by atoms with E-state index in [1.54, 1.807) is 6.92 Å². The largest absolute Gasteiger partial charge is 0.416 e. The van der Waals surface area contributed by atoms with Crippen molar-refractivity contribution in [1.82, 2.24) is 10.3 Å².